The summed E-state index contributed by atoms with van der Waals surface area (Å²) in [6.07, 6.45) is -4.75. The third kappa shape index (κ3) is 5.82. The lowest BCUT2D eigenvalue weighted by atomic mass is 10.3. The molecule has 1 rings (SSSR count). The Morgan fingerprint density at radius 1 is 1.29 bits per heavy atom. The van der Waals surface area contributed by atoms with Crippen molar-refractivity contribution < 1.29 is 27.4 Å². The molecule has 0 aromatic heterocycles. The lowest BCUT2D eigenvalue weighted by Crippen LogP contribution is -2.34. The van der Waals surface area contributed by atoms with Crippen LogP contribution in [0.1, 0.15) is 13.8 Å². The summed E-state index contributed by atoms with van der Waals surface area (Å²) in [6.45, 7) is 4.65. The van der Waals surface area contributed by atoms with E-state index in [9.17, 15) is 18.0 Å². The first-order chi connectivity index (χ1) is 9.76. The lowest BCUT2D eigenvalue weighted by Gasteiger charge is -2.19. The summed E-state index contributed by atoms with van der Waals surface area (Å²) >= 11 is 3.08. The van der Waals surface area contributed by atoms with Crippen molar-refractivity contribution in [3.05, 3.63) is 22.7 Å². The smallest absolute Gasteiger partial charge is 0.483 e. The molecule has 0 spiro atoms. The van der Waals surface area contributed by atoms with Gasteiger partial charge in [-0.05, 0) is 48.0 Å². The van der Waals surface area contributed by atoms with Crippen LogP contribution in [0.25, 0.3) is 0 Å². The fourth-order valence-corrected chi connectivity index (χ4v) is 2.08. The molecule has 1 aromatic carbocycles. The molecule has 0 N–H and O–H groups in total. The maximum atomic E-state index is 12.1. The van der Waals surface area contributed by atoms with Gasteiger partial charge in [-0.1, -0.05) is 0 Å². The number of alkyl halides is 3. The highest BCUT2D eigenvalue weighted by atomic mass is 79.9. The predicted molar refractivity (Wildman–Crippen MR) is 74.2 cm³/mol. The van der Waals surface area contributed by atoms with Crippen molar-refractivity contribution in [2.45, 2.75) is 20.2 Å². The molecule has 0 unspecified atom stereocenters. The fourth-order valence-electron chi connectivity index (χ4n) is 1.60. The molecule has 0 fully saturated rings. The summed E-state index contributed by atoms with van der Waals surface area (Å²) in [5.74, 6) is -0.288. The number of rotatable bonds is 6. The Morgan fingerprint density at radius 3 is 2.38 bits per heavy atom. The van der Waals surface area contributed by atoms with Gasteiger partial charge in [-0.25, -0.2) is 0 Å². The summed E-state index contributed by atoms with van der Waals surface area (Å²) < 4.78 is 45.6. The van der Waals surface area contributed by atoms with Crippen LogP contribution in [-0.4, -0.2) is 36.9 Å². The topological polar surface area (TPSA) is 38.8 Å². The van der Waals surface area contributed by atoms with Crippen molar-refractivity contribution in [2.24, 2.45) is 0 Å². The Labute approximate surface area is 128 Å². The van der Waals surface area contributed by atoms with Gasteiger partial charge in [0.15, 0.2) is 6.61 Å². The molecule has 0 bridgehead atoms. The Bertz CT molecular complexity index is 490. The molecule has 1 aromatic rings. The summed E-state index contributed by atoms with van der Waals surface area (Å²) in [4.78, 5) is 13.3. The van der Waals surface area contributed by atoms with Crippen molar-refractivity contribution in [1.82, 2.24) is 4.90 Å². The van der Waals surface area contributed by atoms with Crippen molar-refractivity contribution >= 4 is 21.8 Å². The van der Waals surface area contributed by atoms with E-state index in [0.29, 0.717) is 13.1 Å². The van der Waals surface area contributed by atoms with Crippen LogP contribution >= 0.6 is 15.9 Å². The summed E-state index contributed by atoms with van der Waals surface area (Å²) in [5, 5.41) is 0. The number of hydrogen-bond donors (Lipinski definition) is 0. The van der Waals surface area contributed by atoms with Crippen LogP contribution in [0.2, 0.25) is 0 Å². The standard InChI is InChI=1S/C13H15BrF3NO3/c1-3-18(4-2)12(19)8-20-11-6-5-9(7-10(11)14)21-13(15,16)17/h5-7H,3-4,8H2,1-2H3. The maximum Gasteiger partial charge on any atom is 0.573 e. The number of halogens is 4. The largest absolute Gasteiger partial charge is 0.573 e. The van der Waals surface area contributed by atoms with E-state index in [-0.39, 0.29) is 28.5 Å². The van der Waals surface area contributed by atoms with E-state index < -0.39 is 6.36 Å². The number of nitrogens with zero attached hydrogens (tertiary/aromatic N) is 1. The molecule has 0 aliphatic heterocycles. The second kappa shape index (κ2) is 7.53. The average Bonchev–Trinajstić information content (AvgIpc) is 2.37. The number of benzene rings is 1. The molecule has 0 atom stereocenters. The van der Waals surface area contributed by atoms with Gasteiger partial charge in [0, 0.05) is 13.1 Å². The van der Waals surface area contributed by atoms with Gasteiger partial charge in [-0.2, -0.15) is 0 Å². The quantitative estimate of drug-likeness (QED) is 0.768. The first-order valence-corrected chi connectivity index (χ1v) is 7.02. The normalized spacial score (nSPS) is 11.1. The van der Waals surface area contributed by atoms with Crippen LogP contribution in [0, 0.1) is 0 Å². The SMILES string of the molecule is CCN(CC)C(=O)COc1ccc(OC(F)(F)F)cc1Br. The number of likely N-dealkylation sites (N-methyl/N-ethyl adjacent to an activating group) is 1. The van der Waals surface area contributed by atoms with Gasteiger partial charge in [0.1, 0.15) is 11.5 Å². The molecule has 0 saturated carbocycles. The third-order valence-corrected chi connectivity index (χ3v) is 3.22. The Morgan fingerprint density at radius 2 is 1.90 bits per heavy atom. The zero-order valence-electron chi connectivity index (χ0n) is 11.5. The second-order valence-corrected chi connectivity index (χ2v) is 4.85. The molecule has 1 amide bonds. The summed E-state index contributed by atoms with van der Waals surface area (Å²) in [7, 11) is 0. The Hall–Kier alpha value is -1.44. The van der Waals surface area contributed by atoms with Gasteiger partial charge in [-0.3, -0.25) is 4.79 Å². The van der Waals surface area contributed by atoms with Crippen LogP contribution in [-0.2, 0) is 4.79 Å². The molecule has 118 valence electrons. The first kappa shape index (κ1) is 17.6. The molecule has 0 radical (unpaired) electrons. The first-order valence-electron chi connectivity index (χ1n) is 6.22. The van der Waals surface area contributed by atoms with Gasteiger partial charge in [-0.15, -0.1) is 13.2 Å². The van der Waals surface area contributed by atoms with Crippen LogP contribution in [0.3, 0.4) is 0 Å². The van der Waals surface area contributed by atoms with E-state index in [1.54, 1.807) is 4.90 Å². The van der Waals surface area contributed by atoms with Crippen molar-refractivity contribution in [1.29, 1.82) is 0 Å². The molecule has 0 aliphatic carbocycles. The molecule has 0 heterocycles. The van der Waals surface area contributed by atoms with Gasteiger partial charge < -0.3 is 14.4 Å². The highest BCUT2D eigenvalue weighted by Gasteiger charge is 2.31. The number of hydrogen-bond acceptors (Lipinski definition) is 3. The van der Waals surface area contributed by atoms with E-state index in [2.05, 4.69) is 20.7 Å². The van der Waals surface area contributed by atoms with Gasteiger partial charge in [0.05, 0.1) is 4.47 Å². The number of carbonyl (C=O) groups is 1. The van der Waals surface area contributed by atoms with Gasteiger partial charge >= 0.3 is 6.36 Å². The molecule has 0 saturated heterocycles. The minimum absolute atomic E-state index is 0.181. The molecule has 0 aliphatic rings. The Balaban J connectivity index is 2.67. The number of carbonyl (C=O) groups excluding carboxylic acids is 1. The molecule has 4 nitrogen and oxygen atoms in total. The Kier molecular flexibility index (Phi) is 6.32. The predicted octanol–water partition coefficient (Wildman–Crippen LogP) is 3.59. The van der Waals surface area contributed by atoms with E-state index in [1.165, 1.54) is 6.07 Å². The van der Waals surface area contributed by atoms with Crippen LogP contribution in [0.4, 0.5) is 13.2 Å². The monoisotopic (exact) mass is 369 g/mol. The van der Waals surface area contributed by atoms with E-state index in [0.717, 1.165) is 12.1 Å². The zero-order valence-corrected chi connectivity index (χ0v) is 13.1. The molecular formula is C13H15BrF3NO3. The van der Waals surface area contributed by atoms with Gasteiger partial charge in [0.2, 0.25) is 0 Å². The van der Waals surface area contributed by atoms with E-state index in [4.69, 9.17) is 4.74 Å². The summed E-state index contributed by atoms with van der Waals surface area (Å²) in [5.41, 5.74) is 0. The molecular weight excluding hydrogens is 355 g/mol. The molecule has 21 heavy (non-hydrogen) atoms. The third-order valence-electron chi connectivity index (χ3n) is 2.60. The molecule has 8 heteroatoms. The zero-order chi connectivity index (χ0) is 16.0. The number of ether oxygens (including phenoxy) is 2. The average molecular weight is 370 g/mol. The van der Waals surface area contributed by atoms with Crippen molar-refractivity contribution in [3.63, 3.8) is 0 Å². The van der Waals surface area contributed by atoms with Crippen LogP contribution in [0.5, 0.6) is 11.5 Å². The second-order valence-electron chi connectivity index (χ2n) is 3.99. The minimum atomic E-state index is -4.75. The highest BCUT2D eigenvalue weighted by molar-refractivity contribution is 9.10. The minimum Gasteiger partial charge on any atom is -0.483 e. The summed E-state index contributed by atoms with van der Waals surface area (Å²) in [6, 6.07) is 3.56. The lowest BCUT2D eigenvalue weighted by molar-refractivity contribution is -0.274. The van der Waals surface area contributed by atoms with Crippen LogP contribution in [0.15, 0.2) is 22.7 Å². The fraction of sp³-hybridized carbons (Fsp3) is 0.462. The maximum absolute atomic E-state index is 12.1. The van der Waals surface area contributed by atoms with Crippen molar-refractivity contribution in [3.8, 4) is 11.5 Å². The van der Waals surface area contributed by atoms with Crippen LogP contribution < -0.4 is 9.47 Å². The van der Waals surface area contributed by atoms with E-state index in [1.807, 2.05) is 13.8 Å². The highest BCUT2D eigenvalue weighted by Crippen LogP contribution is 2.31. The number of amides is 1. The van der Waals surface area contributed by atoms with E-state index >= 15 is 0 Å². The van der Waals surface area contributed by atoms with Crippen molar-refractivity contribution in [2.75, 3.05) is 19.7 Å². The van der Waals surface area contributed by atoms with Gasteiger partial charge in [0.25, 0.3) is 5.91 Å².